The summed E-state index contributed by atoms with van der Waals surface area (Å²) in [5.41, 5.74) is 0. The molecule has 0 aromatic heterocycles. The molecule has 4 N–H and O–H groups in total. The van der Waals surface area contributed by atoms with Crippen LogP contribution in [0.3, 0.4) is 0 Å². The molecule has 0 radical (unpaired) electrons. The van der Waals surface area contributed by atoms with Gasteiger partial charge in [-0.25, -0.2) is 9.13 Å². The van der Waals surface area contributed by atoms with E-state index in [0.29, 0.717) is 19.3 Å². The first-order chi connectivity index (χ1) is 42.2. The van der Waals surface area contributed by atoms with Crippen molar-refractivity contribution in [3.05, 3.63) is 60.8 Å². The Balaban J connectivity index is 4.48. The fraction of sp³-hybridized carbons (Fsp3) is 0.812. The van der Waals surface area contributed by atoms with E-state index in [2.05, 4.69) is 81.5 Å². The van der Waals surface area contributed by atoms with E-state index in [1.54, 1.807) is 0 Å². The molecule has 508 valence electrons. The van der Waals surface area contributed by atoms with E-state index in [-0.39, 0.29) is 19.3 Å². The van der Waals surface area contributed by atoms with Crippen molar-refractivity contribution in [3.63, 3.8) is 0 Å². The summed E-state index contributed by atoms with van der Waals surface area (Å²) in [6.45, 7) is 2.58. The molecule has 18 heteroatoms. The van der Waals surface area contributed by atoms with Gasteiger partial charge in [0.05, 0.1) is 26.4 Å². The molecule has 0 bridgehead atoms. The van der Waals surface area contributed by atoms with Gasteiger partial charge < -0.3 is 34.2 Å². The fourth-order valence-corrected chi connectivity index (χ4v) is 11.1. The SMILES string of the molecule is CC/C=C\C/C=C\C/C=C\C/C=C\C/C=C\CCCCCCCCCCCC(=O)OCC(O)COP(=O)(O)OCC(O)COP(=O)(O)OCC(COC(=O)CCCCCCCCCCCCCCC)OC(=O)CCCCCCCCCCCCCCC. The van der Waals surface area contributed by atoms with Crippen molar-refractivity contribution >= 4 is 33.6 Å². The van der Waals surface area contributed by atoms with Gasteiger partial charge in [-0.3, -0.25) is 32.5 Å². The van der Waals surface area contributed by atoms with Crippen molar-refractivity contribution in [2.75, 3.05) is 39.6 Å². The number of aliphatic hydroxyl groups excluding tert-OH is 2. The van der Waals surface area contributed by atoms with Gasteiger partial charge in [0.25, 0.3) is 0 Å². The van der Waals surface area contributed by atoms with Crippen LogP contribution in [0.2, 0.25) is 0 Å². The molecule has 0 saturated heterocycles. The molecular formula is C69H126O16P2. The van der Waals surface area contributed by atoms with Gasteiger partial charge >= 0.3 is 33.6 Å². The average Bonchev–Trinajstić information content (AvgIpc) is 3.69. The number of hydrogen-bond donors (Lipinski definition) is 4. The number of allylic oxidation sites excluding steroid dienone is 10. The van der Waals surface area contributed by atoms with E-state index in [4.69, 9.17) is 32.3 Å². The molecule has 0 aliphatic heterocycles. The molecule has 0 fully saturated rings. The molecule has 0 aliphatic carbocycles. The molecule has 16 nitrogen and oxygen atoms in total. The molecule has 0 aromatic rings. The van der Waals surface area contributed by atoms with Crippen molar-refractivity contribution < 1.29 is 75.8 Å². The van der Waals surface area contributed by atoms with E-state index in [0.717, 1.165) is 109 Å². The van der Waals surface area contributed by atoms with Crippen LogP contribution in [0.15, 0.2) is 60.8 Å². The molecule has 5 unspecified atom stereocenters. The van der Waals surface area contributed by atoms with Crippen molar-refractivity contribution in [1.29, 1.82) is 0 Å². The Morgan fingerprint density at radius 2 is 0.609 bits per heavy atom. The van der Waals surface area contributed by atoms with Crippen molar-refractivity contribution in [2.24, 2.45) is 0 Å². The Morgan fingerprint density at radius 1 is 0.333 bits per heavy atom. The third-order valence-corrected chi connectivity index (χ3v) is 16.7. The van der Waals surface area contributed by atoms with Gasteiger partial charge in [-0.2, -0.15) is 0 Å². The molecular weight excluding hydrogens is 1150 g/mol. The van der Waals surface area contributed by atoms with Gasteiger partial charge in [0.15, 0.2) is 6.10 Å². The molecule has 0 rings (SSSR count). The Morgan fingerprint density at radius 3 is 0.966 bits per heavy atom. The maximum atomic E-state index is 12.9. The first-order valence-corrected chi connectivity index (χ1v) is 37.6. The van der Waals surface area contributed by atoms with Crippen LogP contribution >= 0.6 is 15.6 Å². The van der Waals surface area contributed by atoms with Gasteiger partial charge in [0.1, 0.15) is 25.4 Å². The molecule has 0 amide bonds. The quantitative estimate of drug-likeness (QED) is 0.0146. The van der Waals surface area contributed by atoms with Crippen LogP contribution < -0.4 is 0 Å². The maximum Gasteiger partial charge on any atom is 0.472 e. The van der Waals surface area contributed by atoms with Gasteiger partial charge in [-0.1, -0.05) is 281 Å². The summed E-state index contributed by atoms with van der Waals surface area (Å²) in [5, 5.41) is 20.5. The Kier molecular flexibility index (Phi) is 61.4. The topological polar surface area (TPSA) is 231 Å². The van der Waals surface area contributed by atoms with E-state index in [1.807, 2.05) is 0 Å². The van der Waals surface area contributed by atoms with Gasteiger partial charge in [0.2, 0.25) is 0 Å². The Labute approximate surface area is 529 Å². The molecule has 0 aliphatic rings. The van der Waals surface area contributed by atoms with Crippen LogP contribution in [0.4, 0.5) is 0 Å². The predicted octanol–water partition coefficient (Wildman–Crippen LogP) is 19.0. The van der Waals surface area contributed by atoms with Gasteiger partial charge in [-0.05, 0) is 64.2 Å². The summed E-state index contributed by atoms with van der Waals surface area (Å²) in [4.78, 5) is 58.3. The second-order valence-electron chi connectivity index (χ2n) is 23.3. The second-order valence-corrected chi connectivity index (χ2v) is 26.2. The number of esters is 3. The maximum absolute atomic E-state index is 12.9. The molecule has 0 spiro atoms. The highest BCUT2D eigenvalue weighted by Gasteiger charge is 2.29. The van der Waals surface area contributed by atoms with Crippen LogP contribution in [0.1, 0.15) is 303 Å². The number of phosphoric acid groups is 2. The summed E-state index contributed by atoms with van der Waals surface area (Å²) in [7, 11) is -9.75. The lowest BCUT2D eigenvalue weighted by Gasteiger charge is -2.21. The van der Waals surface area contributed by atoms with Gasteiger partial charge in [0, 0.05) is 19.3 Å². The third-order valence-electron chi connectivity index (χ3n) is 14.8. The average molecular weight is 1270 g/mol. The van der Waals surface area contributed by atoms with E-state index in [1.165, 1.54) is 135 Å². The molecule has 0 aromatic carbocycles. The number of hydrogen-bond acceptors (Lipinski definition) is 14. The highest BCUT2D eigenvalue weighted by molar-refractivity contribution is 7.47. The number of carbonyl (C=O) groups excluding carboxylic acids is 3. The largest absolute Gasteiger partial charge is 0.472 e. The lowest BCUT2D eigenvalue weighted by molar-refractivity contribution is -0.161. The first-order valence-electron chi connectivity index (χ1n) is 34.6. The number of aliphatic hydroxyl groups is 2. The number of rotatable bonds is 66. The minimum absolute atomic E-state index is 0.113. The number of ether oxygens (including phenoxy) is 3. The minimum atomic E-state index is -4.91. The lowest BCUT2D eigenvalue weighted by atomic mass is 10.0. The van der Waals surface area contributed by atoms with E-state index < -0.39 is 91.5 Å². The van der Waals surface area contributed by atoms with Gasteiger partial charge in [-0.15, -0.1) is 0 Å². The van der Waals surface area contributed by atoms with Crippen LogP contribution in [-0.4, -0.2) is 95.9 Å². The third kappa shape index (κ3) is 64.6. The second kappa shape index (κ2) is 63.4. The first kappa shape index (κ1) is 84.2. The van der Waals surface area contributed by atoms with E-state index >= 15 is 0 Å². The minimum Gasteiger partial charge on any atom is -0.463 e. The molecule has 87 heavy (non-hydrogen) atoms. The summed E-state index contributed by atoms with van der Waals surface area (Å²) in [5.74, 6) is -1.56. The van der Waals surface area contributed by atoms with E-state index in [9.17, 15) is 43.5 Å². The summed E-state index contributed by atoms with van der Waals surface area (Å²) in [6.07, 6.45) is 64.2. The van der Waals surface area contributed by atoms with Crippen molar-refractivity contribution in [3.8, 4) is 0 Å². The van der Waals surface area contributed by atoms with Crippen LogP contribution in [-0.2, 0) is 55.8 Å². The molecule has 0 saturated carbocycles. The smallest absolute Gasteiger partial charge is 0.463 e. The Hall–Kier alpha value is -2.75. The summed E-state index contributed by atoms with van der Waals surface area (Å²) < 4.78 is 60.8. The standard InChI is InChI=1S/C69H126O16P2/c1-4-7-10-13-16-19-22-25-26-27-28-29-30-31-32-33-34-35-36-39-41-43-46-49-52-55-67(72)79-58-64(70)59-81-86(75,76)82-60-65(71)61-83-87(77,78)84-63-66(85-69(74)57-54-51-48-45-42-38-24-21-18-15-12-9-6-3)62-80-68(73)56-53-50-47-44-40-37-23-20-17-14-11-8-5-2/h7,10,16,19,25-26,28-29,31-32,64-66,70-71H,4-6,8-9,11-15,17-18,20-24,27,30,33-63H2,1-3H3,(H,75,76)(H,77,78)/b10-7-,19-16-,26-25-,29-28-,32-31-. The zero-order valence-corrected chi connectivity index (χ0v) is 56.7. The number of unbranched alkanes of at least 4 members (excludes halogenated alkanes) is 33. The fourth-order valence-electron chi connectivity index (χ4n) is 9.48. The van der Waals surface area contributed by atoms with Crippen LogP contribution in [0.25, 0.3) is 0 Å². The molecule has 5 atom stereocenters. The lowest BCUT2D eigenvalue weighted by Crippen LogP contribution is -2.30. The summed E-state index contributed by atoms with van der Waals surface area (Å²) in [6, 6.07) is 0. The van der Waals surface area contributed by atoms with Crippen LogP contribution in [0.5, 0.6) is 0 Å². The number of phosphoric ester groups is 2. The normalized spacial score (nSPS) is 14.6. The summed E-state index contributed by atoms with van der Waals surface area (Å²) >= 11 is 0. The van der Waals surface area contributed by atoms with Crippen molar-refractivity contribution in [1.82, 2.24) is 0 Å². The molecule has 0 heterocycles. The highest BCUT2D eigenvalue weighted by Crippen LogP contribution is 2.45. The van der Waals surface area contributed by atoms with Crippen LogP contribution in [0, 0.1) is 0 Å². The zero-order valence-electron chi connectivity index (χ0n) is 54.9. The predicted molar refractivity (Wildman–Crippen MR) is 353 cm³/mol. The monoisotopic (exact) mass is 1270 g/mol. The Bertz CT molecular complexity index is 1840. The highest BCUT2D eigenvalue weighted by atomic mass is 31.2. The van der Waals surface area contributed by atoms with Crippen molar-refractivity contribution in [2.45, 2.75) is 322 Å². The zero-order chi connectivity index (χ0) is 63.8. The number of carbonyl (C=O) groups is 3.